The number of anilines is 1. The quantitative estimate of drug-likeness (QED) is 0.222. The summed E-state index contributed by atoms with van der Waals surface area (Å²) in [5.41, 5.74) is 17.0. The lowest BCUT2D eigenvalue weighted by Crippen LogP contribution is -2.11. The maximum absolute atomic E-state index is 10.7. The van der Waals surface area contributed by atoms with Gasteiger partial charge in [0, 0.05) is 30.3 Å². The van der Waals surface area contributed by atoms with E-state index < -0.39 is 17.4 Å². The minimum Gasteiger partial charge on any atom is -0.507 e. The van der Waals surface area contributed by atoms with Crippen LogP contribution in [-0.2, 0) is 12.8 Å². The number of fused-ring (bicyclic) bond motifs is 2. The van der Waals surface area contributed by atoms with Crippen LogP contribution in [-0.4, -0.2) is 51.7 Å². The Hall–Kier alpha value is -6.04. The molecule has 0 atom stereocenters. The van der Waals surface area contributed by atoms with E-state index in [0.29, 0.717) is 12.1 Å². The molecular weight excluding hydrogens is 548 g/mol. The predicted molar refractivity (Wildman–Crippen MR) is 159 cm³/mol. The van der Waals surface area contributed by atoms with Gasteiger partial charge in [0.05, 0.1) is 16.7 Å². The molecule has 0 bridgehead atoms. The second-order valence-corrected chi connectivity index (χ2v) is 9.89. The van der Waals surface area contributed by atoms with Crippen LogP contribution in [0.1, 0.15) is 38.3 Å². The number of amides is 1. The van der Waals surface area contributed by atoms with Crippen LogP contribution in [0.4, 0.5) is 5.82 Å². The summed E-state index contributed by atoms with van der Waals surface area (Å²) in [6, 6.07) is 18.1. The number of nitrogens with zero attached hydrogens (tertiary/aromatic N) is 6. The van der Waals surface area contributed by atoms with E-state index in [0.717, 1.165) is 59.0 Å². The van der Waals surface area contributed by atoms with E-state index in [1.165, 1.54) is 17.5 Å². The van der Waals surface area contributed by atoms with E-state index >= 15 is 0 Å². The first kappa shape index (κ1) is 27.1. The van der Waals surface area contributed by atoms with Gasteiger partial charge in [-0.05, 0) is 78.9 Å². The van der Waals surface area contributed by atoms with Crippen LogP contribution in [0.2, 0.25) is 0 Å². The Labute approximate surface area is 244 Å². The van der Waals surface area contributed by atoms with Crippen molar-refractivity contribution < 1.29 is 19.8 Å². The lowest BCUT2D eigenvalue weighted by Gasteiger charge is -2.12. The third-order valence-corrected chi connectivity index (χ3v) is 7.19. The molecule has 214 valence electrons. The number of primary amides is 1. The third kappa shape index (κ3) is 5.12. The number of aldehydes is 1. The Kier molecular flexibility index (Phi) is 7.00. The molecule has 0 radical (unpaired) electrons. The van der Waals surface area contributed by atoms with Crippen LogP contribution < -0.4 is 11.5 Å². The van der Waals surface area contributed by atoms with Gasteiger partial charge in [-0.3, -0.25) is 14.2 Å². The van der Waals surface area contributed by atoms with Crippen LogP contribution in [0.25, 0.3) is 34.1 Å². The summed E-state index contributed by atoms with van der Waals surface area (Å²) in [5, 5.41) is 22.5. The number of carbonyl (C=O) groups is 2. The van der Waals surface area contributed by atoms with E-state index in [1.54, 1.807) is 17.1 Å². The molecule has 0 fully saturated rings. The molecular formula is C31H26N8O4. The molecule has 1 aliphatic carbocycles. The fourth-order valence-electron chi connectivity index (χ4n) is 5.09. The Morgan fingerprint density at radius 2 is 1.77 bits per heavy atom. The van der Waals surface area contributed by atoms with Gasteiger partial charge >= 0.3 is 0 Å². The van der Waals surface area contributed by atoms with Crippen LogP contribution >= 0.6 is 0 Å². The number of carbonyl (C=O) groups excluding carboxylic acids is 2. The standard InChI is InChI=1S/C23H19N7.C8H7NO4/c24-21-18(6-2-11-25-21)22-27-19-9-10-20(29-13-3-12-26-29)28-23(19)30(22)17-8-7-15-4-1-5-16(15)14-17;9-8(13)5-1-4(3-10)6(11)2-7(5)12/h2-3,6-14H,1,4-5H2,(H2,24,25);1-3,11-12H,(H2,9,13). The van der Waals surface area contributed by atoms with Crippen molar-refractivity contribution in [3.63, 3.8) is 0 Å². The molecule has 12 heteroatoms. The van der Waals surface area contributed by atoms with Gasteiger partial charge in [0.1, 0.15) is 22.8 Å². The maximum Gasteiger partial charge on any atom is 0.252 e. The van der Waals surface area contributed by atoms with Crippen molar-refractivity contribution in [1.82, 2.24) is 29.3 Å². The molecule has 12 nitrogen and oxygen atoms in total. The molecule has 0 aliphatic heterocycles. The predicted octanol–water partition coefficient (Wildman–Crippen LogP) is 3.75. The Morgan fingerprint density at radius 1 is 0.930 bits per heavy atom. The second-order valence-electron chi connectivity index (χ2n) is 9.89. The highest BCUT2D eigenvalue weighted by atomic mass is 16.3. The zero-order valence-electron chi connectivity index (χ0n) is 22.8. The van der Waals surface area contributed by atoms with E-state index in [2.05, 4.69) is 32.8 Å². The molecule has 2 aromatic carbocycles. The smallest absolute Gasteiger partial charge is 0.252 e. The second kappa shape index (κ2) is 11.1. The van der Waals surface area contributed by atoms with Gasteiger partial charge in [-0.2, -0.15) is 5.10 Å². The minimum atomic E-state index is -0.861. The SMILES string of the molecule is NC(=O)c1cc(C=O)c(O)cc1O.Nc1ncccc1-c1nc2ccc(-n3cccn3)nc2n1-c1ccc2c(c1)CCC2. The lowest BCUT2D eigenvalue weighted by atomic mass is 10.1. The highest BCUT2D eigenvalue weighted by molar-refractivity contribution is 5.98. The zero-order chi connectivity index (χ0) is 30.1. The molecule has 0 unspecified atom stereocenters. The Morgan fingerprint density at radius 3 is 2.51 bits per heavy atom. The van der Waals surface area contributed by atoms with Gasteiger partial charge in [-0.1, -0.05) is 6.07 Å². The Balaban J connectivity index is 0.000000214. The van der Waals surface area contributed by atoms with Crippen molar-refractivity contribution in [2.24, 2.45) is 5.73 Å². The van der Waals surface area contributed by atoms with Gasteiger partial charge in [0.15, 0.2) is 23.6 Å². The van der Waals surface area contributed by atoms with Crippen LogP contribution in [0, 0.1) is 0 Å². The van der Waals surface area contributed by atoms with Crippen LogP contribution in [0.15, 0.2) is 79.3 Å². The molecule has 4 heterocycles. The van der Waals surface area contributed by atoms with E-state index in [1.807, 2.05) is 36.5 Å². The number of imidazole rings is 1. The molecule has 0 saturated carbocycles. The average molecular weight is 575 g/mol. The number of benzene rings is 2. The maximum atomic E-state index is 10.7. The van der Waals surface area contributed by atoms with E-state index in [9.17, 15) is 9.59 Å². The monoisotopic (exact) mass is 574 g/mol. The summed E-state index contributed by atoms with van der Waals surface area (Å²) in [5.74, 6) is 0.218. The van der Waals surface area contributed by atoms with Gasteiger partial charge in [-0.15, -0.1) is 0 Å². The number of phenols is 2. The van der Waals surface area contributed by atoms with Crippen molar-refractivity contribution in [3.8, 4) is 34.4 Å². The Bertz CT molecular complexity index is 2000. The number of rotatable bonds is 5. The number of hydrogen-bond donors (Lipinski definition) is 4. The van der Waals surface area contributed by atoms with Gasteiger partial charge < -0.3 is 21.7 Å². The molecule has 1 amide bonds. The average Bonchev–Trinajstić information content (AvgIpc) is 3.77. The highest BCUT2D eigenvalue weighted by Gasteiger charge is 2.20. The van der Waals surface area contributed by atoms with Crippen molar-refractivity contribution in [1.29, 1.82) is 0 Å². The van der Waals surface area contributed by atoms with E-state index in [-0.39, 0.29) is 11.1 Å². The number of nitrogens with two attached hydrogens (primary N) is 2. The molecule has 6 aromatic rings. The fraction of sp³-hybridized carbons (Fsp3) is 0.0968. The number of nitrogen functional groups attached to an aromatic ring is 1. The number of hydrogen-bond acceptors (Lipinski definition) is 9. The largest absolute Gasteiger partial charge is 0.507 e. The molecule has 6 N–H and O–H groups in total. The van der Waals surface area contributed by atoms with Crippen molar-refractivity contribution in [3.05, 3.63) is 102 Å². The molecule has 0 saturated heterocycles. The summed E-state index contributed by atoms with van der Waals surface area (Å²) in [6.07, 6.45) is 9.12. The molecule has 1 aliphatic rings. The fourth-order valence-corrected chi connectivity index (χ4v) is 5.09. The third-order valence-electron chi connectivity index (χ3n) is 7.19. The van der Waals surface area contributed by atoms with Crippen LogP contribution in [0.3, 0.4) is 0 Å². The number of aryl methyl sites for hydroxylation is 2. The molecule has 43 heavy (non-hydrogen) atoms. The van der Waals surface area contributed by atoms with Crippen molar-refractivity contribution in [2.45, 2.75) is 19.3 Å². The topological polar surface area (TPSA) is 188 Å². The first-order valence-corrected chi connectivity index (χ1v) is 13.4. The molecule has 4 aromatic heterocycles. The zero-order valence-corrected chi connectivity index (χ0v) is 22.8. The first-order valence-electron chi connectivity index (χ1n) is 13.4. The minimum absolute atomic E-state index is 0.0911. The molecule has 0 spiro atoms. The molecule has 7 rings (SSSR count). The summed E-state index contributed by atoms with van der Waals surface area (Å²) < 4.78 is 3.83. The van der Waals surface area contributed by atoms with Gasteiger partial charge in [0.2, 0.25) is 0 Å². The normalized spacial score (nSPS) is 12.0. The van der Waals surface area contributed by atoms with Crippen molar-refractivity contribution in [2.75, 3.05) is 5.73 Å². The van der Waals surface area contributed by atoms with Gasteiger partial charge in [-0.25, -0.2) is 19.6 Å². The number of aromatic nitrogens is 6. The lowest BCUT2D eigenvalue weighted by molar-refractivity contribution is 0.0997. The summed E-state index contributed by atoms with van der Waals surface area (Å²) in [7, 11) is 0. The highest BCUT2D eigenvalue weighted by Crippen LogP contribution is 2.33. The number of pyridine rings is 2. The van der Waals surface area contributed by atoms with Crippen molar-refractivity contribution >= 4 is 29.2 Å². The van der Waals surface area contributed by atoms with E-state index in [4.69, 9.17) is 31.6 Å². The number of phenolic OH excluding ortho intramolecular Hbond substituents is 1. The van der Waals surface area contributed by atoms with Crippen LogP contribution in [0.5, 0.6) is 11.5 Å². The number of aromatic hydroxyl groups is 2. The van der Waals surface area contributed by atoms with Gasteiger partial charge in [0.25, 0.3) is 5.91 Å². The summed E-state index contributed by atoms with van der Waals surface area (Å²) in [6.45, 7) is 0. The first-order chi connectivity index (χ1) is 20.8. The summed E-state index contributed by atoms with van der Waals surface area (Å²) >= 11 is 0. The summed E-state index contributed by atoms with van der Waals surface area (Å²) in [4.78, 5) is 35.0.